The van der Waals surface area contributed by atoms with E-state index in [1.165, 1.54) is 11.1 Å². The Kier molecular flexibility index (Phi) is 8.19. The van der Waals surface area contributed by atoms with E-state index in [0.29, 0.717) is 0 Å². The minimum Gasteiger partial charge on any atom is -0.334 e. The van der Waals surface area contributed by atoms with Crippen LogP contribution in [0.3, 0.4) is 0 Å². The summed E-state index contributed by atoms with van der Waals surface area (Å²) in [5.74, 6) is 0. The lowest BCUT2D eigenvalue weighted by molar-refractivity contribution is 0.248. The molecule has 2 nitrogen and oxygen atoms in total. The van der Waals surface area contributed by atoms with Gasteiger partial charge in [0.15, 0.2) is 8.38 Å². The standard InChI is InChI=1S/C19H25O2P/c1-22(20-16-8-14-18-10-4-2-5-11-18)21-17-9-15-19-12-6-3-7-13-19/h2-7,10-13H,8-9,14-17H2,1H3. The monoisotopic (exact) mass is 316 g/mol. The van der Waals surface area contributed by atoms with Gasteiger partial charge in [0.2, 0.25) is 0 Å². The van der Waals surface area contributed by atoms with Crippen molar-refractivity contribution in [2.75, 3.05) is 19.9 Å². The first-order chi connectivity index (χ1) is 10.8. The van der Waals surface area contributed by atoms with Crippen LogP contribution in [0.15, 0.2) is 60.7 Å². The number of benzene rings is 2. The van der Waals surface area contributed by atoms with E-state index in [1.54, 1.807) is 0 Å². The average Bonchev–Trinajstić information content (AvgIpc) is 2.57. The Morgan fingerprint density at radius 2 is 1.09 bits per heavy atom. The fraction of sp³-hybridized carbons (Fsp3) is 0.368. The summed E-state index contributed by atoms with van der Waals surface area (Å²) in [6, 6.07) is 21.1. The van der Waals surface area contributed by atoms with Gasteiger partial charge in [-0.1, -0.05) is 60.7 Å². The molecule has 0 N–H and O–H groups in total. The summed E-state index contributed by atoms with van der Waals surface area (Å²) in [7, 11) is -0.742. The molecule has 0 radical (unpaired) electrons. The van der Waals surface area contributed by atoms with E-state index in [2.05, 4.69) is 60.7 Å². The molecule has 0 saturated carbocycles. The molecule has 22 heavy (non-hydrogen) atoms. The molecule has 0 unspecified atom stereocenters. The Labute approximate surface area is 135 Å². The van der Waals surface area contributed by atoms with Crippen LogP contribution < -0.4 is 0 Å². The lowest BCUT2D eigenvalue weighted by Gasteiger charge is -2.13. The summed E-state index contributed by atoms with van der Waals surface area (Å²) in [6.45, 7) is 3.59. The van der Waals surface area contributed by atoms with E-state index >= 15 is 0 Å². The van der Waals surface area contributed by atoms with Crippen LogP contribution in [0, 0.1) is 0 Å². The quantitative estimate of drug-likeness (QED) is 0.441. The second-order valence-electron chi connectivity index (χ2n) is 5.28. The fourth-order valence-corrected chi connectivity index (χ4v) is 3.11. The van der Waals surface area contributed by atoms with E-state index in [4.69, 9.17) is 9.05 Å². The van der Waals surface area contributed by atoms with Crippen molar-refractivity contribution < 1.29 is 9.05 Å². The van der Waals surface area contributed by atoms with Crippen molar-refractivity contribution in [1.29, 1.82) is 0 Å². The minimum absolute atomic E-state index is 0.742. The Morgan fingerprint density at radius 3 is 1.50 bits per heavy atom. The Bertz CT molecular complexity index is 454. The van der Waals surface area contributed by atoms with E-state index in [1.807, 2.05) is 6.66 Å². The zero-order valence-electron chi connectivity index (χ0n) is 13.3. The maximum Gasteiger partial charge on any atom is 0.167 e. The van der Waals surface area contributed by atoms with Gasteiger partial charge in [0.1, 0.15) is 0 Å². The van der Waals surface area contributed by atoms with Crippen molar-refractivity contribution in [3.63, 3.8) is 0 Å². The molecule has 2 aromatic rings. The highest BCUT2D eigenvalue weighted by atomic mass is 31.2. The molecule has 2 aromatic carbocycles. The van der Waals surface area contributed by atoms with Crippen LogP contribution in [0.2, 0.25) is 0 Å². The van der Waals surface area contributed by atoms with E-state index in [-0.39, 0.29) is 0 Å². The zero-order valence-corrected chi connectivity index (χ0v) is 14.2. The molecule has 0 amide bonds. The molecule has 0 aliphatic carbocycles. The Morgan fingerprint density at radius 1 is 0.682 bits per heavy atom. The molecular weight excluding hydrogens is 291 g/mol. The van der Waals surface area contributed by atoms with E-state index < -0.39 is 8.38 Å². The second kappa shape index (κ2) is 10.5. The van der Waals surface area contributed by atoms with Crippen molar-refractivity contribution in [1.82, 2.24) is 0 Å². The Balaban J connectivity index is 1.48. The smallest absolute Gasteiger partial charge is 0.167 e. The lowest BCUT2D eigenvalue weighted by Crippen LogP contribution is -1.97. The van der Waals surface area contributed by atoms with Crippen LogP contribution >= 0.6 is 8.38 Å². The number of rotatable bonds is 10. The van der Waals surface area contributed by atoms with Gasteiger partial charge in [0, 0.05) is 6.66 Å². The third-order valence-electron chi connectivity index (χ3n) is 3.45. The first kappa shape index (κ1) is 17.1. The van der Waals surface area contributed by atoms with Crippen molar-refractivity contribution in [3.05, 3.63) is 71.8 Å². The highest BCUT2D eigenvalue weighted by Crippen LogP contribution is 2.33. The van der Waals surface area contributed by atoms with Crippen molar-refractivity contribution >= 4 is 8.38 Å². The molecule has 0 fully saturated rings. The maximum atomic E-state index is 5.76. The normalized spacial score (nSPS) is 11.0. The summed E-state index contributed by atoms with van der Waals surface area (Å²) < 4.78 is 11.5. The molecular formula is C19H25O2P. The second-order valence-corrected chi connectivity index (χ2v) is 6.68. The van der Waals surface area contributed by atoms with Crippen LogP contribution in [0.1, 0.15) is 24.0 Å². The average molecular weight is 316 g/mol. The number of hydrogen-bond acceptors (Lipinski definition) is 2. The van der Waals surface area contributed by atoms with Crippen molar-refractivity contribution in [3.8, 4) is 0 Å². The number of aryl methyl sites for hydroxylation is 2. The Hall–Kier alpha value is -1.21. The van der Waals surface area contributed by atoms with Gasteiger partial charge in [-0.3, -0.25) is 0 Å². The van der Waals surface area contributed by atoms with Crippen LogP contribution in [0.25, 0.3) is 0 Å². The van der Waals surface area contributed by atoms with Crippen molar-refractivity contribution in [2.45, 2.75) is 25.7 Å². The summed E-state index contributed by atoms with van der Waals surface area (Å²) in [4.78, 5) is 0. The minimum atomic E-state index is -0.742. The van der Waals surface area contributed by atoms with Crippen molar-refractivity contribution in [2.24, 2.45) is 0 Å². The molecule has 0 aromatic heterocycles. The summed E-state index contributed by atoms with van der Waals surface area (Å²) in [5, 5.41) is 0. The molecule has 2 rings (SSSR count). The van der Waals surface area contributed by atoms with Crippen LogP contribution in [-0.2, 0) is 21.9 Å². The van der Waals surface area contributed by atoms with Gasteiger partial charge in [0.05, 0.1) is 13.2 Å². The molecule has 118 valence electrons. The molecule has 0 saturated heterocycles. The largest absolute Gasteiger partial charge is 0.334 e. The summed E-state index contributed by atoms with van der Waals surface area (Å²) in [6.07, 6.45) is 4.23. The van der Waals surface area contributed by atoms with Crippen LogP contribution in [0.5, 0.6) is 0 Å². The molecule has 0 atom stereocenters. The van der Waals surface area contributed by atoms with Crippen LogP contribution in [-0.4, -0.2) is 19.9 Å². The predicted molar refractivity (Wildman–Crippen MR) is 94.3 cm³/mol. The van der Waals surface area contributed by atoms with Gasteiger partial charge in [0.25, 0.3) is 0 Å². The molecule has 0 heterocycles. The van der Waals surface area contributed by atoms with Gasteiger partial charge in [-0.15, -0.1) is 0 Å². The van der Waals surface area contributed by atoms with E-state index in [0.717, 1.165) is 38.9 Å². The van der Waals surface area contributed by atoms with Gasteiger partial charge < -0.3 is 9.05 Å². The number of hydrogen-bond donors (Lipinski definition) is 0. The topological polar surface area (TPSA) is 18.5 Å². The SMILES string of the molecule is CP(OCCCc1ccccc1)OCCCc1ccccc1. The molecule has 0 spiro atoms. The fourth-order valence-electron chi connectivity index (χ4n) is 2.27. The lowest BCUT2D eigenvalue weighted by atomic mass is 10.1. The summed E-state index contributed by atoms with van der Waals surface area (Å²) >= 11 is 0. The van der Waals surface area contributed by atoms with Gasteiger partial charge >= 0.3 is 0 Å². The molecule has 0 aliphatic rings. The molecule has 0 aliphatic heterocycles. The van der Waals surface area contributed by atoms with Gasteiger partial charge in [-0.2, -0.15) is 0 Å². The van der Waals surface area contributed by atoms with Gasteiger partial charge in [-0.05, 0) is 36.8 Å². The first-order valence-corrected chi connectivity index (χ1v) is 9.54. The zero-order chi connectivity index (χ0) is 15.5. The highest BCUT2D eigenvalue weighted by molar-refractivity contribution is 7.46. The van der Waals surface area contributed by atoms with E-state index in [9.17, 15) is 0 Å². The van der Waals surface area contributed by atoms with Gasteiger partial charge in [-0.25, -0.2) is 0 Å². The highest BCUT2D eigenvalue weighted by Gasteiger charge is 2.03. The third kappa shape index (κ3) is 7.17. The molecule has 0 bridgehead atoms. The van der Waals surface area contributed by atoms with Crippen LogP contribution in [0.4, 0.5) is 0 Å². The molecule has 3 heteroatoms. The predicted octanol–water partition coefficient (Wildman–Crippen LogP) is 5.23. The summed E-state index contributed by atoms with van der Waals surface area (Å²) in [5.41, 5.74) is 2.74. The third-order valence-corrected chi connectivity index (χ3v) is 4.54. The first-order valence-electron chi connectivity index (χ1n) is 7.92. The maximum absolute atomic E-state index is 5.76.